The van der Waals surface area contributed by atoms with Crippen molar-refractivity contribution in [2.45, 2.75) is 6.10 Å². The minimum Gasteiger partial charge on any atom is -0.497 e. The number of pyridine rings is 1. The summed E-state index contributed by atoms with van der Waals surface area (Å²) < 4.78 is 22.3. The van der Waals surface area contributed by atoms with E-state index in [1.165, 1.54) is 6.20 Å². The third-order valence-corrected chi connectivity index (χ3v) is 4.68. The van der Waals surface area contributed by atoms with Gasteiger partial charge in [0.1, 0.15) is 29.8 Å². The van der Waals surface area contributed by atoms with Crippen LogP contribution in [0.1, 0.15) is 10.6 Å². The summed E-state index contributed by atoms with van der Waals surface area (Å²) in [5.74, 6) is 1.40. The molecule has 4 rings (SSSR count). The van der Waals surface area contributed by atoms with E-state index in [0.29, 0.717) is 54.2 Å². The van der Waals surface area contributed by atoms with Crippen LogP contribution in [-0.2, 0) is 4.74 Å². The lowest BCUT2D eigenvalue weighted by Gasteiger charge is -2.32. The highest BCUT2D eigenvalue weighted by molar-refractivity contribution is 6.30. The van der Waals surface area contributed by atoms with Gasteiger partial charge in [-0.2, -0.15) is 0 Å². The highest BCUT2D eigenvalue weighted by atomic mass is 35.5. The lowest BCUT2D eigenvalue weighted by molar-refractivity contribution is -0.0408. The fraction of sp³-hybridized carbons (Fsp3) is 0.300. The van der Waals surface area contributed by atoms with E-state index in [0.717, 1.165) is 5.39 Å². The number of carbonyl (C=O) groups is 1. The van der Waals surface area contributed by atoms with E-state index in [1.807, 2.05) is 6.07 Å². The van der Waals surface area contributed by atoms with Gasteiger partial charge in [0.15, 0.2) is 5.76 Å². The van der Waals surface area contributed by atoms with Gasteiger partial charge in [-0.05, 0) is 24.3 Å². The van der Waals surface area contributed by atoms with Gasteiger partial charge in [0, 0.05) is 24.2 Å². The summed E-state index contributed by atoms with van der Waals surface area (Å²) in [6.07, 6.45) is 2.87. The Bertz CT molecular complexity index is 990. The van der Waals surface area contributed by atoms with E-state index in [4.69, 9.17) is 30.2 Å². The van der Waals surface area contributed by atoms with Crippen molar-refractivity contribution in [3.8, 4) is 11.5 Å². The Kier molecular flexibility index (Phi) is 5.36. The van der Waals surface area contributed by atoms with E-state index in [1.54, 1.807) is 42.5 Å². The molecule has 1 aromatic carbocycles. The number of ether oxygens (including phenoxy) is 3. The molecule has 146 valence electrons. The predicted molar refractivity (Wildman–Crippen MR) is 103 cm³/mol. The average molecular weight is 403 g/mol. The zero-order valence-corrected chi connectivity index (χ0v) is 16.0. The number of fused-ring (bicyclic) bond motifs is 1. The molecule has 2 aromatic heterocycles. The van der Waals surface area contributed by atoms with Gasteiger partial charge in [0.05, 0.1) is 31.5 Å². The summed E-state index contributed by atoms with van der Waals surface area (Å²) in [6.45, 7) is 1.63. The molecule has 0 radical (unpaired) electrons. The molecule has 3 aromatic rings. The molecule has 0 bridgehead atoms. The van der Waals surface area contributed by atoms with Crippen LogP contribution in [0.3, 0.4) is 0 Å². The summed E-state index contributed by atoms with van der Waals surface area (Å²) in [7, 11) is 1.60. The molecule has 1 saturated heterocycles. The molecular formula is C20H19ClN2O5. The molecule has 1 fully saturated rings. The smallest absolute Gasteiger partial charge is 0.289 e. The van der Waals surface area contributed by atoms with Gasteiger partial charge in [-0.15, -0.1) is 0 Å². The second kappa shape index (κ2) is 8.08. The average Bonchev–Trinajstić information content (AvgIpc) is 3.15. The molecule has 1 unspecified atom stereocenters. The number of nitrogens with zero attached hydrogens (tertiary/aromatic N) is 2. The molecular weight excluding hydrogens is 384 g/mol. The van der Waals surface area contributed by atoms with Gasteiger partial charge in [0.2, 0.25) is 0 Å². The maximum atomic E-state index is 12.9. The summed E-state index contributed by atoms with van der Waals surface area (Å²) in [4.78, 5) is 18.6. The molecule has 3 heterocycles. The first-order chi connectivity index (χ1) is 13.6. The largest absolute Gasteiger partial charge is 0.497 e. The van der Waals surface area contributed by atoms with Gasteiger partial charge in [-0.25, -0.2) is 0 Å². The van der Waals surface area contributed by atoms with Crippen LogP contribution in [0.2, 0.25) is 5.02 Å². The van der Waals surface area contributed by atoms with Gasteiger partial charge in [-0.1, -0.05) is 11.6 Å². The first-order valence-electron chi connectivity index (χ1n) is 8.84. The van der Waals surface area contributed by atoms with Crippen molar-refractivity contribution in [1.82, 2.24) is 9.88 Å². The van der Waals surface area contributed by atoms with E-state index in [-0.39, 0.29) is 12.0 Å². The monoisotopic (exact) mass is 402 g/mol. The molecule has 1 aliphatic rings. The highest BCUT2D eigenvalue weighted by Crippen LogP contribution is 2.25. The predicted octanol–water partition coefficient (Wildman–Crippen LogP) is 3.41. The third kappa shape index (κ3) is 4.05. The molecule has 0 N–H and O–H groups in total. The third-order valence-electron chi connectivity index (χ3n) is 4.48. The number of hydrogen-bond donors (Lipinski definition) is 0. The zero-order chi connectivity index (χ0) is 19.5. The zero-order valence-electron chi connectivity index (χ0n) is 15.3. The Balaban J connectivity index is 1.41. The van der Waals surface area contributed by atoms with Crippen molar-refractivity contribution in [2.24, 2.45) is 0 Å². The van der Waals surface area contributed by atoms with Crippen LogP contribution >= 0.6 is 11.6 Å². The van der Waals surface area contributed by atoms with Crippen LogP contribution in [0.25, 0.3) is 11.0 Å². The molecule has 1 atom stereocenters. The van der Waals surface area contributed by atoms with E-state index >= 15 is 0 Å². The summed E-state index contributed by atoms with van der Waals surface area (Å²) in [5.41, 5.74) is 0.644. The first-order valence-corrected chi connectivity index (χ1v) is 9.22. The molecule has 1 aliphatic heterocycles. The van der Waals surface area contributed by atoms with Crippen LogP contribution in [-0.4, -0.2) is 55.3 Å². The molecule has 1 amide bonds. The van der Waals surface area contributed by atoms with Gasteiger partial charge >= 0.3 is 0 Å². The molecule has 8 heteroatoms. The Labute approximate surface area is 166 Å². The number of rotatable bonds is 5. The number of halogens is 1. The van der Waals surface area contributed by atoms with Crippen molar-refractivity contribution < 1.29 is 23.4 Å². The fourth-order valence-corrected chi connectivity index (χ4v) is 3.24. The fourth-order valence-electron chi connectivity index (χ4n) is 3.07. The van der Waals surface area contributed by atoms with Crippen LogP contribution < -0.4 is 9.47 Å². The quantitative estimate of drug-likeness (QED) is 0.651. The highest BCUT2D eigenvalue weighted by Gasteiger charge is 2.27. The Morgan fingerprint density at radius 3 is 3.00 bits per heavy atom. The molecule has 28 heavy (non-hydrogen) atoms. The van der Waals surface area contributed by atoms with Gasteiger partial charge in [-0.3, -0.25) is 9.78 Å². The summed E-state index contributed by atoms with van der Waals surface area (Å²) >= 11 is 5.91. The van der Waals surface area contributed by atoms with Crippen molar-refractivity contribution >= 4 is 28.5 Å². The van der Waals surface area contributed by atoms with Gasteiger partial charge in [0.25, 0.3) is 5.91 Å². The summed E-state index contributed by atoms with van der Waals surface area (Å²) in [6, 6.07) is 8.85. The van der Waals surface area contributed by atoms with Crippen molar-refractivity contribution in [3.05, 3.63) is 53.5 Å². The Morgan fingerprint density at radius 2 is 2.18 bits per heavy atom. The molecule has 0 aliphatic carbocycles. The molecule has 0 spiro atoms. The minimum atomic E-state index is -0.249. The Hall–Kier alpha value is -2.77. The number of hydrogen-bond acceptors (Lipinski definition) is 6. The number of benzene rings is 1. The van der Waals surface area contributed by atoms with Crippen LogP contribution in [0.5, 0.6) is 11.5 Å². The van der Waals surface area contributed by atoms with E-state index < -0.39 is 0 Å². The number of aromatic nitrogens is 1. The van der Waals surface area contributed by atoms with Gasteiger partial charge < -0.3 is 23.5 Å². The number of methoxy groups -OCH3 is 1. The maximum absolute atomic E-state index is 12.9. The van der Waals surface area contributed by atoms with Crippen LogP contribution in [0.4, 0.5) is 0 Å². The number of amides is 1. The normalized spacial score (nSPS) is 16.9. The first kappa shape index (κ1) is 18.6. The van der Waals surface area contributed by atoms with Crippen molar-refractivity contribution in [1.29, 1.82) is 0 Å². The number of furan rings is 1. The topological polar surface area (TPSA) is 74.0 Å². The second-order valence-corrected chi connectivity index (χ2v) is 6.84. The maximum Gasteiger partial charge on any atom is 0.289 e. The Morgan fingerprint density at radius 1 is 1.29 bits per heavy atom. The summed E-state index contributed by atoms with van der Waals surface area (Å²) in [5, 5.41) is 1.32. The SMILES string of the molecule is COc1ccc2oc(C(=O)N3CCOC(COc4cncc(Cl)c4)C3)cc2c1. The minimum absolute atomic E-state index is 0.173. The van der Waals surface area contributed by atoms with Crippen molar-refractivity contribution in [2.75, 3.05) is 33.4 Å². The van der Waals surface area contributed by atoms with Crippen molar-refractivity contribution in [3.63, 3.8) is 0 Å². The van der Waals surface area contributed by atoms with E-state index in [2.05, 4.69) is 4.98 Å². The molecule has 0 saturated carbocycles. The lowest BCUT2D eigenvalue weighted by atomic mass is 10.2. The lowest BCUT2D eigenvalue weighted by Crippen LogP contribution is -2.47. The number of carbonyl (C=O) groups excluding carboxylic acids is 1. The standard InChI is InChI=1S/C20H19ClN2O5/c1-25-15-2-3-18-13(6-15)7-19(28-18)20(24)23-4-5-26-17(11-23)12-27-16-8-14(21)9-22-10-16/h2-3,6-10,17H,4-5,11-12H2,1H3. The second-order valence-electron chi connectivity index (χ2n) is 6.41. The van der Waals surface area contributed by atoms with E-state index in [9.17, 15) is 4.79 Å². The molecule has 7 nitrogen and oxygen atoms in total. The van der Waals surface area contributed by atoms with Crippen LogP contribution in [0.15, 0.2) is 47.1 Å². The van der Waals surface area contributed by atoms with Crippen LogP contribution in [0, 0.1) is 0 Å². The number of morpholine rings is 1.